The van der Waals surface area contributed by atoms with Gasteiger partial charge < -0.3 is 10.2 Å². The summed E-state index contributed by atoms with van der Waals surface area (Å²) >= 11 is 0. The quantitative estimate of drug-likeness (QED) is 0.767. The summed E-state index contributed by atoms with van der Waals surface area (Å²) in [4.78, 5) is 11.3. The molecule has 1 aliphatic rings. The summed E-state index contributed by atoms with van der Waals surface area (Å²) < 4.78 is 0. The molecule has 19 heavy (non-hydrogen) atoms. The number of aryl methyl sites for hydroxylation is 1. The minimum atomic E-state index is 0.847. The van der Waals surface area contributed by atoms with E-state index in [2.05, 4.69) is 41.1 Å². The van der Waals surface area contributed by atoms with E-state index in [-0.39, 0.29) is 0 Å². The second-order valence-electron chi connectivity index (χ2n) is 5.63. The van der Waals surface area contributed by atoms with E-state index in [1.54, 1.807) is 0 Å². The van der Waals surface area contributed by atoms with E-state index in [1.807, 2.05) is 6.20 Å². The first-order valence-corrected chi connectivity index (χ1v) is 7.45. The number of nitrogens with zero attached hydrogens (tertiary/aromatic N) is 3. The van der Waals surface area contributed by atoms with Crippen molar-refractivity contribution in [2.24, 2.45) is 5.92 Å². The Morgan fingerprint density at radius 2 is 2.21 bits per heavy atom. The van der Waals surface area contributed by atoms with Gasteiger partial charge in [0, 0.05) is 37.6 Å². The van der Waals surface area contributed by atoms with Crippen LogP contribution in [0.5, 0.6) is 0 Å². The van der Waals surface area contributed by atoms with Crippen molar-refractivity contribution in [2.75, 3.05) is 25.0 Å². The highest BCUT2D eigenvalue weighted by atomic mass is 15.2. The average Bonchev–Trinajstić information content (AvgIpc) is 2.35. The zero-order chi connectivity index (χ0) is 13.7. The van der Waals surface area contributed by atoms with Gasteiger partial charge in [0.25, 0.3) is 0 Å². The van der Waals surface area contributed by atoms with E-state index >= 15 is 0 Å². The molecule has 1 aromatic heterocycles. The van der Waals surface area contributed by atoms with Crippen LogP contribution in [0.1, 0.15) is 43.9 Å². The predicted octanol–water partition coefficient (Wildman–Crippen LogP) is 2.52. The second-order valence-corrected chi connectivity index (χ2v) is 5.63. The zero-order valence-corrected chi connectivity index (χ0v) is 12.4. The summed E-state index contributed by atoms with van der Waals surface area (Å²) in [6.45, 7) is 7.25. The molecule has 2 rings (SSSR count). The van der Waals surface area contributed by atoms with Crippen molar-refractivity contribution in [3.63, 3.8) is 0 Å². The van der Waals surface area contributed by atoms with Crippen molar-refractivity contribution in [1.82, 2.24) is 15.3 Å². The molecule has 1 fully saturated rings. The largest absolute Gasteiger partial charge is 0.344 e. The lowest BCUT2D eigenvalue weighted by Crippen LogP contribution is -2.30. The van der Waals surface area contributed by atoms with Crippen LogP contribution < -0.4 is 10.2 Å². The van der Waals surface area contributed by atoms with Gasteiger partial charge in [-0.1, -0.05) is 13.3 Å². The van der Waals surface area contributed by atoms with Crippen LogP contribution >= 0.6 is 0 Å². The molecule has 1 saturated carbocycles. The highest BCUT2D eigenvalue weighted by Gasteiger charge is 2.20. The summed E-state index contributed by atoms with van der Waals surface area (Å²) in [5.74, 6) is 1.71. The Labute approximate surface area is 116 Å². The molecule has 106 valence electrons. The van der Waals surface area contributed by atoms with Gasteiger partial charge in [0.2, 0.25) is 5.95 Å². The Bertz CT molecular complexity index is 401. The van der Waals surface area contributed by atoms with Crippen LogP contribution in [0.15, 0.2) is 6.20 Å². The molecule has 0 radical (unpaired) electrons. The molecular weight excluding hydrogens is 236 g/mol. The van der Waals surface area contributed by atoms with Crippen LogP contribution in [0.4, 0.5) is 5.95 Å². The number of hydrogen-bond acceptors (Lipinski definition) is 4. The standard InChI is InChI=1S/C15H26N4/c1-4-8-16-9-14-10-17-15(18-12(14)2)19(3)11-13-6-5-7-13/h10,13,16H,4-9,11H2,1-3H3. The van der Waals surface area contributed by atoms with Crippen molar-refractivity contribution < 1.29 is 0 Å². The van der Waals surface area contributed by atoms with Crippen molar-refractivity contribution >= 4 is 5.95 Å². The summed E-state index contributed by atoms with van der Waals surface area (Å²) in [5, 5.41) is 3.40. The Morgan fingerprint density at radius 3 is 2.79 bits per heavy atom. The molecule has 4 heteroatoms. The molecule has 0 unspecified atom stereocenters. The Hall–Kier alpha value is -1.16. The zero-order valence-electron chi connectivity index (χ0n) is 12.4. The van der Waals surface area contributed by atoms with E-state index in [9.17, 15) is 0 Å². The third kappa shape index (κ3) is 3.90. The molecule has 0 saturated heterocycles. The predicted molar refractivity (Wildman–Crippen MR) is 79.4 cm³/mol. The molecule has 0 amide bonds. The van der Waals surface area contributed by atoms with Crippen LogP contribution in [0.3, 0.4) is 0 Å². The molecular formula is C15H26N4. The molecule has 0 aliphatic heterocycles. The molecule has 1 heterocycles. The Morgan fingerprint density at radius 1 is 1.42 bits per heavy atom. The number of anilines is 1. The van der Waals surface area contributed by atoms with Crippen LogP contribution in [0, 0.1) is 12.8 Å². The molecule has 1 aromatic rings. The average molecular weight is 262 g/mol. The fraction of sp³-hybridized carbons (Fsp3) is 0.733. The lowest BCUT2D eigenvalue weighted by Gasteiger charge is -2.30. The van der Waals surface area contributed by atoms with E-state index in [4.69, 9.17) is 0 Å². The van der Waals surface area contributed by atoms with Crippen LogP contribution in [-0.4, -0.2) is 30.1 Å². The molecule has 4 nitrogen and oxygen atoms in total. The summed E-state index contributed by atoms with van der Waals surface area (Å²) in [7, 11) is 2.10. The lowest BCUT2D eigenvalue weighted by atomic mass is 9.85. The normalized spacial score (nSPS) is 15.3. The molecule has 0 bridgehead atoms. The van der Waals surface area contributed by atoms with E-state index < -0.39 is 0 Å². The van der Waals surface area contributed by atoms with E-state index in [0.717, 1.165) is 43.6 Å². The van der Waals surface area contributed by atoms with Crippen molar-refractivity contribution in [3.05, 3.63) is 17.5 Å². The summed E-state index contributed by atoms with van der Waals surface area (Å²) in [5.41, 5.74) is 2.29. The molecule has 1 aliphatic carbocycles. The van der Waals surface area contributed by atoms with Crippen LogP contribution in [0.25, 0.3) is 0 Å². The van der Waals surface area contributed by atoms with Crippen molar-refractivity contribution in [3.8, 4) is 0 Å². The summed E-state index contributed by atoms with van der Waals surface area (Å²) in [6.07, 6.45) is 7.24. The maximum atomic E-state index is 4.64. The van der Waals surface area contributed by atoms with E-state index in [1.165, 1.54) is 24.8 Å². The third-order valence-corrected chi connectivity index (χ3v) is 3.91. The summed E-state index contributed by atoms with van der Waals surface area (Å²) in [6, 6.07) is 0. The van der Waals surface area contributed by atoms with Gasteiger partial charge in [-0.3, -0.25) is 0 Å². The van der Waals surface area contributed by atoms with Crippen molar-refractivity contribution in [2.45, 2.75) is 46.1 Å². The highest BCUT2D eigenvalue weighted by Crippen LogP contribution is 2.27. The maximum absolute atomic E-state index is 4.64. The van der Waals surface area contributed by atoms with Gasteiger partial charge in [0.05, 0.1) is 0 Å². The molecule has 0 spiro atoms. The van der Waals surface area contributed by atoms with Gasteiger partial charge in [-0.2, -0.15) is 0 Å². The first-order chi connectivity index (χ1) is 9.20. The second kappa shape index (κ2) is 6.85. The Kier molecular flexibility index (Phi) is 5.14. The number of nitrogens with one attached hydrogen (secondary N) is 1. The molecule has 0 atom stereocenters. The Balaban J connectivity index is 1.92. The van der Waals surface area contributed by atoms with Gasteiger partial charge in [-0.25, -0.2) is 9.97 Å². The van der Waals surface area contributed by atoms with Crippen molar-refractivity contribution in [1.29, 1.82) is 0 Å². The van der Waals surface area contributed by atoms with Crippen LogP contribution in [0.2, 0.25) is 0 Å². The molecule has 1 N–H and O–H groups in total. The first kappa shape index (κ1) is 14.3. The fourth-order valence-electron chi connectivity index (χ4n) is 2.38. The number of rotatable bonds is 7. The van der Waals surface area contributed by atoms with Gasteiger partial charge in [0.1, 0.15) is 0 Å². The van der Waals surface area contributed by atoms with Gasteiger partial charge in [-0.15, -0.1) is 0 Å². The van der Waals surface area contributed by atoms with E-state index in [0.29, 0.717) is 0 Å². The first-order valence-electron chi connectivity index (χ1n) is 7.45. The molecule has 0 aromatic carbocycles. The van der Waals surface area contributed by atoms with Gasteiger partial charge in [0.15, 0.2) is 0 Å². The third-order valence-electron chi connectivity index (χ3n) is 3.91. The smallest absolute Gasteiger partial charge is 0.225 e. The lowest BCUT2D eigenvalue weighted by molar-refractivity contribution is 0.320. The van der Waals surface area contributed by atoms with Crippen LogP contribution in [-0.2, 0) is 6.54 Å². The number of aromatic nitrogens is 2. The van der Waals surface area contributed by atoms with Gasteiger partial charge >= 0.3 is 0 Å². The minimum absolute atomic E-state index is 0.847. The monoisotopic (exact) mass is 262 g/mol. The fourth-order valence-corrected chi connectivity index (χ4v) is 2.38. The minimum Gasteiger partial charge on any atom is -0.344 e. The number of hydrogen-bond donors (Lipinski definition) is 1. The topological polar surface area (TPSA) is 41.1 Å². The van der Waals surface area contributed by atoms with Gasteiger partial charge in [-0.05, 0) is 38.6 Å². The highest BCUT2D eigenvalue weighted by molar-refractivity contribution is 5.32. The SMILES string of the molecule is CCCNCc1cnc(N(C)CC2CCC2)nc1C. The maximum Gasteiger partial charge on any atom is 0.225 e.